The molecule has 0 radical (unpaired) electrons. The Kier molecular flexibility index (Phi) is 3.84. The predicted octanol–water partition coefficient (Wildman–Crippen LogP) is 1.06. The highest BCUT2D eigenvalue weighted by molar-refractivity contribution is 5.66. The molecule has 0 fully saturated rings. The molecule has 0 aliphatic carbocycles. The van der Waals surface area contributed by atoms with Crippen molar-refractivity contribution < 1.29 is 9.90 Å². The monoisotopic (exact) mass is 195 g/mol. The van der Waals surface area contributed by atoms with Crippen molar-refractivity contribution in [3.05, 3.63) is 18.1 Å². The summed E-state index contributed by atoms with van der Waals surface area (Å²) in [6, 6.07) is 0. The van der Waals surface area contributed by atoms with E-state index in [0.717, 1.165) is 11.5 Å². The summed E-state index contributed by atoms with van der Waals surface area (Å²) in [7, 11) is 0. The molecule has 2 N–H and O–H groups in total. The molecule has 5 heteroatoms. The van der Waals surface area contributed by atoms with Crippen molar-refractivity contribution in [1.29, 1.82) is 0 Å². The Labute approximate surface area is 82.2 Å². The SMILES string of the molecule is Cc1nccnc1NCCCC(=O)O. The van der Waals surface area contributed by atoms with E-state index in [9.17, 15) is 4.79 Å². The van der Waals surface area contributed by atoms with Crippen LogP contribution in [0, 0.1) is 6.92 Å². The van der Waals surface area contributed by atoms with Crippen LogP contribution in [-0.4, -0.2) is 27.6 Å². The van der Waals surface area contributed by atoms with Gasteiger partial charge in [0.05, 0.1) is 5.69 Å². The molecule has 0 aliphatic heterocycles. The zero-order valence-corrected chi connectivity index (χ0v) is 8.03. The zero-order chi connectivity index (χ0) is 10.4. The van der Waals surface area contributed by atoms with E-state index < -0.39 is 5.97 Å². The second-order valence-electron chi connectivity index (χ2n) is 2.91. The van der Waals surface area contributed by atoms with Crippen molar-refractivity contribution in [2.75, 3.05) is 11.9 Å². The second kappa shape index (κ2) is 5.16. The Morgan fingerprint density at radius 3 is 2.86 bits per heavy atom. The van der Waals surface area contributed by atoms with Crippen molar-refractivity contribution in [1.82, 2.24) is 9.97 Å². The summed E-state index contributed by atoms with van der Waals surface area (Å²) < 4.78 is 0. The average Bonchev–Trinajstić information content (AvgIpc) is 2.15. The first-order valence-corrected chi connectivity index (χ1v) is 4.43. The van der Waals surface area contributed by atoms with E-state index in [0.29, 0.717) is 13.0 Å². The Morgan fingerprint density at radius 1 is 1.50 bits per heavy atom. The molecule has 0 unspecified atom stereocenters. The fourth-order valence-corrected chi connectivity index (χ4v) is 1.03. The Hall–Kier alpha value is -1.65. The fraction of sp³-hybridized carbons (Fsp3) is 0.444. The maximum atomic E-state index is 10.2. The van der Waals surface area contributed by atoms with Crippen LogP contribution in [0.3, 0.4) is 0 Å². The van der Waals surface area contributed by atoms with Crippen molar-refractivity contribution in [2.24, 2.45) is 0 Å². The molecule has 0 saturated heterocycles. The molecule has 14 heavy (non-hydrogen) atoms. The van der Waals surface area contributed by atoms with E-state index in [1.165, 1.54) is 0 Å². The lowest BCUT2D eigenvalue weighted by Gasteiger charge is -2.05. The van der Waals surface area contributed by atoms with Crippen LogP contribution in [0.2, 0.25) is 0 Å². The summed E-state index contributed by atoms with van der Waals surface area (Å²) >= 11 is 0. The maximum Gasteiger partial charge on any atom is 0.303 e. The molecule has 1 aromatic rings. The van der Waals surface area contributed by atoms with Gasteiger partial charge in [-0.05, 0) is 13.3 Å². The predicted molar refractivity (Wildman–Crippen MR) is 52.1 cm³/mol. The summed E-state index contributed by atoms with van der Waals surface area (Å²) in [5.74, 6) is -0.0550. The molecule has 0 bridgehead atoms. The number of aromatic nitrogens is 2. The van der Waals surface area contributed by atoms with Crippen LogP contribution in [0.1, 0.15) is 18.5 Å². The van der Waals surface area contributed by atoms with E-state index in [1.807, 2.05) is 6.92 Å². The van der Waals surface area contributed by atoms with Crippen molar-refractivity contribution in [2.45, 2.75) is 19.8 Å². The number of carboxylic acid groups (broad SMARTS) is 1. The Balaban J connectivity index is 2.31. The van der Waals surface area contributed by atoms with Crippen LogP contribution in [0.5, 0.6) is 0 Å². The van der Waals surface area contributed by atoms with Gasteiger partial charge in [-0.2, -0.15) is 0 Å². The molecule has 5 nitrogen and oxygen atoms in total. The normalized spacial score (nSPS) is 9.79. The molecule has 1 rings (SSSR count). The van der Waals surface area contributed by atoms with Crippen LogP contribution in [0.25, 0.3) is 0 Å². The van der Waals surface area contributed by atoms with Crippen molar-refractivity contribution in [3.63, 3.8) is 0 Å². The second-order valence-corrected chi connectivity index (χ2v) is 2.91. The third kappa shape index (κ3) is 3.38. The topological polar surface area (TPSA) is 75.1 Å². The number of carbonyl (C=O) groups is 1. The van der Waals surface area contributed by atoms with Crippen molar-refractivity contribution in [3.8, 4) is 0 Å². The lowest BCUT2D eigenvalue weighted by molar-refractivity contribution is -0.137. The van der Waals surface area contributed by atoms with Crippen LogP contribution in [-0.2, 0) is 4.79 Å². The van der Waals surface area contributed by atoms with Crippen LogP contribution >= 0.6 is 0 Å². The molecule has 1 aromatic heterocycles. The van der Waals surface area contributed by atoms with Gasteiger partial charge in [-0.15, -0.1) is 0 Å². The number of aryl methyl sites for hydroxylation is 1. The van der Waals surface area contributed by atoms with Gasteiger partial charge >= 0.3 is 5.97 Å². The third-order valence-corrected chi connectivity index (χ3v) is 1.74. The number of rotatable bonds is 5. The number of nitrogens with zero attached hydrogens (tertiary/aromatic N) is 2. The van der Waals surface area contributed by atoms with Gasteiger partial charge in [-0.25, -0.2) is 4.98 Å². The Bertz CT molecular complexity index is 315. The number of aliphatic carboxylic acids is 1. The van der Waals surface area contributed by atoms with Gasteiger partial charge in [0.1, 0.15) is 5.82 Å². The van der Waals surface area contributed by atoms with Gasteiger partial charge in [-0.3, -0.25) is 9.78 Å². The Morgan fingerprint density at radius 2 is 2.21 bits per heavy atom. The van der Waals surface area contributed by atoms with Gasteiger partial charge < -0.3 is 10.4 Å². The zero-order valence-electron chi connectivity index (χ0n) is 8.03. The summed E-state index contributed by atoms with van der Waals surface area (Å²) in [4.78, 5) is 18.3. The third-order valence-electron chi connectivity index (χ3n) is 1.74. The number of nitrogens with one attached hydrogen (secondary N) is 1. The highest BCUT2D eigenvalue weighted by atomic mass is 16.4. The molecule has 76 valence electrons. The van der Waals surface area contributed by atoms with Gasteiger partial charge in [0.25, 0.3) is 0 Å². The lowest BCUT2D eigenvalue weighted by Crippen LogP contribution is -2.07. The summed E-state index contributed by atoms with van der Waals surface area (Å²) in [5, 5.41) is 11.4. The first-order chi connectivity index (χ1) is 6.70. The average molecular weight is 195 g/mol. The molecular formula is C9H13N3O2. The summed E-state index contributed by atoms with van der Waals surface area (Å²) in [5.41, 5.74) is 0.822. The number of hydrogen-bond acceptors (Lipinski definition) is 4. The van der Waals surface area contributed by atoms with Crippen molar-refractivity contribution >= 4 is 11.8 Å². The van der Waals surface area contributed by atoms with Crippen LogP contribution in [0.4, 0.5) is 5.82 Å². The molecular weight excluding hydrogens is 182 g/mol. The quantitative estimate of drug-likeness (QED) is 0.687. The standard InChI is InChI=1S/C9H13N3O2/c1-7-9(12-6-5-10-7)11-4-2-3-8(13)14/h5-6H,2-4H2,1H3,(H,11,12)(H,13,14). The fourth-order valence-electron chi connectivity index (χ4n) is 1.03. The minimum atomic E-state index is -0.775. The molecule has 0 saturated carbocycles. The van der Waals surface area contributed by atoms with Gasteiger partial charge in [-0.1, -0.05) is 0 Å². The molecule has 0 aromatic carbocycles. The van der Waals surface area contributed by atoms with E-state index in [-0.39, 0.29) is 6.42 Å². The summed E-state index contributed by atoms with van der Waals surface area (Å²) in [6.07, 6.45) is 3.99. The molecule has 0 spiro atoms. The molecule has 0 amide bonds. The van der Waals surface area contributed by atoms with Gasteiger partial charge in [0, 0.05) is 25.4 Å². The van der Waals surface area contributed by atoms with Gasteiger partial charge in [0.2, 0.25) is 0 Å². The smallest absolute Gasteiger partial charge is 0.303 e. The first kappa shape index (κ1) is 10.4. The van der Waals surface area contributed by atoms with E-state index >= 15 is 0 Å². The number of anilines is 1. The first-order valence-electron chi connectivity index (χ1n) is 4.43. The van der Waals surface area contributed by atoms with Crippen LogP contribution in [0.15, 0.2) is 12.4 Å². The largest absolute Gasteiger partial charge is 0.481 e. The highest BCUT2D eigenvalue weighted by Crippen LogP contribution is 2.05. The lowest BCUT2D eigenvalue weighted by atomic mass is 10.3. The molecule has 1 heterocycles. The number of hydrogen-bond donors (Lipinski definition) is 2. The summed E-state index contributed by atoms with van der Waals surface area (Å²) in [6.45, 7) is 2.46. The van der Waals surface area contributed by atoms with Gasteiger partial charge in [0.15, 0.2) is 0 Å². The minimum absolute atomic E-state index is 0.173. The van der Waals surface area contributed by atoms with E-state index in [1.54, 1.807) is 12.4 Å². The molecule has 0 aliphatic rings. The highest BCUT2D eigenvalue weighted by Gasteiger charge is 1.99. The van der Waals surface area contributed by atoms with E-state index in [2.05, 4.69) is 15.3 Å². The maximum absolute atomic E-state index is 10.2. The minimum Gasteiger partial charge on any atom is -0.481 e. The molecule has 0 atom stereocenters. The van der Waals surface area contributed by atoms with Crippen LogP contribution < -0.4 is 5.32 Å². The number of carboxylic acids is 1. The van der Waals surface area contributed by atoms with E-state index in [4.69, 9.17) is 5.11 Å².